The molecule has 0 saturated heterocycles. The normalized spacial score (nSPS) is 43.7. The number of nitrogens with one attached hydrogen (secondary N) is 2. The summed E-state index contributed by atoms with van der Waals surface area (Å²) in [5.74, 6) is 1.19. The third-order valence-corrected chi connectivity index (χ3v) is 8.84. The zero-order valence-corrected chi connectivity index (χ0v) is 16.6. The van der Waals surface area contributed by atoms with Crippen molar-refractivity contribution in [3.8, 4) is 0 Å². The molecule has 0 heterocycles. The Labute approximate surface area is 171 Å². The predicted octanol–water partition coefficient (Wildman–Crippen LogP) is -0.0694. The number of carbonyl (C=O) groups is 2. The van der Waals surface area contributed by atoms with E-state index in [1.807, 2.05) is 13.8 Å². The first kappa shape index (κ1) is 19.3. The summed E-state index contributed by atoms with van der Waals surface area (Å²) in [6, 6.07) is -0.819. The van der Waals surface area contributed by atoms with Gasteiger partial charge in [-0.15, -0.1) is 20.2 Å². The lowest BCUT2D eigenvalue weighted by Gasteiger charge is -3.09. The van der Waals surface area contributed by atoms with Gasteiger partial charge in [-0.05, 0) is 48.3 Å². The Balaban J connectivity index is 1.19. The first-order valence-corrected chi connectivity index (χ1v) is 10.4. The van der Waals surface area contributed by atoms with E-state index in [2.05, 4.69) is 20.3 Å². The molecule has 0 aromatic heterocycles. The number of hydrogen-bond acceptors (Lipinski definition) is 8. The van der Waals surface area contributed by atoms with Gasteiger partial charge in [0.05, 0.1) is 22.9 Å². The maximum atomic E-state index is 13.0. The minimum Gasteiger partial charge on any atom is -0.351 e. The lowest BCUT2D eigenvalue weighted by atomic mass is 8.92. The van der Waals surface area contributed by atoms with E-state index in [0.717, 1.165) is 0 Å². The summed E-state index contributed by atoms with van der Waals surface area (Å²) in [6.07, 6.45) is 1.06. The second kappa shape index (κ2) is 5.94. The van der Waals surface area contributed by atoms with Gasteiger partial charge in [-0.2, -0.15) is 0 Å². The molecule has 12 nitrogen and oxygen atoms in total. The van der Waals surface area contributed by atoms with Crippen molar-refractivity contribution in [1.29, 1.82) is 0 Å². The van der Waals surface area contributed by atoms with Gasteiger partial charge in [-0.1, -0.05) is 13.8 Å². The van der Waals surface area contributed by atoms with Crippen LogP contribution in [0.1, 0.15) is 26.7 Å². The summed E-state index contributed by atoms with van der Waals surface area (Å²) in [7, 11) is 0. The summed E-state index contributed by atoms with van der Waals surface area (Å²) in [5.41, 5.74) is -0.772. The highest BCUT2D eigenvalue weighted by atomic mass is 17.0. The summed E-state index contributed by atoms with van der Waals surface area (Å²) in [4.78, 5) is 55.6. The molecule has 0 spiro atoms. The monoisotopic (exact) mass is 424 g/mol. The molecule has 2 unspecified atom stereocenters. The largest absolute Gasteiger partial charge is 0.351 e. The van der Waals surface area contributed by atoms with Gasteiger partial charge in [-0.3, -0.25) is 9.59 Å². The van der Waals surface area contributed by atoms with E-state index in [1.54, 1.807) is 0 Å². The molecule has 164 valence electrons. The Hall–Kier alpha value is -2.66. The van der Waals surface area contributed by atoms with Gasteiger partial charge in [0, 0.05) is 0 Å². The maximum Gasteiger partial charge on any atom is 0.294 e. The van der Waals surface area contributed by atoms with Gasteiger partial charge >= 0.3 is 0 Å². The summed E-state index contributed by atoms with van der Waals surface area (Å²) in [6.45, 7) is 3.33. The van der Waals surface area contributed by atoms with Crippen LogP contribution in [0.25, 0.3) is 0 Å². The summed E-state index contributed by atoms with van der Waals surface area (Å²) < 4.78 is 0. The third-order valence-electron chi connectivity index (χ3n) is 8.84. The SMILES string of the molecule is CCC(CO[N+](=O)[O-])NC(=O)C12C3C4C1C1C2C3C41C(=O)NC(CC)CO[N+](=O)[O-]. The number of nitrogens with zero attached hydrogens (tertiary/aromatic N) is 2. The van der Waals surface area contributed by atoms with Crippen LogP contribution in [0.4, 0.5) is 0 Å². The third kappa shape index (κ3) is 1.80. The highest BCUT2D eigenvalue weighted by Gasteiger charge is 3.12. The lowest BCUT2D eigenvalue weighted by molar-refractivity contribution is -0.758. The second-order valence-corrected chi connectivity index (χ2v) is 9.22. The molecule has 0 radical (unpaired) electrons. The first-order chi connectivity index (χ1) is 14.3. The standard InChI is InChI=1S/C18H24N4O8/c1-3-7(5-29-21(25)26)19-15(23)17-9-12-10(17)14-11(17)13(9)18(12,14)16(24)20-8(4-2)6-30-22(27)28/h7-14H,3-6H2,1-2H3,(H,19,23)(H,20,24). The minimum atomic E-state index is -0.859. The molecular weight excluding hydrogens is 400 g/mol. The minimum absolute atomic E-state index is 0.0513. The van der Waals surface area contributed by atoms with E-state index in [0.29, 0.717) is 12.8 Å². The van der Waals surface area contributed by atoms with Crippen LogP contribution in [0, 0.1) is 66.6 Å². The molecule has 0 bridgehead atoms. The van der Waals surface area contributed by atoms with Gasteiger partial charge in [0.1, 0.15) is 13.2 Å². The Morgan fingerprint density at radius 1 is 0.800 bits per heavy atom. The van der Waals surface area contributed by atoms with Crippen LogP contribution in [-0.4, -0.2) is 47.3 Å². The van der Waals surface area contributed by atoms with Crippen molar-refractivity contribution in [3.63, 3.8) is 0 Å². The fourth-order valence-electron chi connectivity index (χ4n) is 7.88. The quantitative estimate of drug-likeness (QED) is 0.325. The average molecular weight is 424 g/mol. The Morgan fingerprint density at radius 3 is 1.33 bits per heavy atom. The molecule has 12 heteroatoms. The predicted molar refractivity (Wildman–Crippen MR) is 96.1 cm³/mol. The molecule has 6 saturated carbocycles. The van der Waals surface area contributed by atoms with Gasteiger partial charge in [0.15, 0.2) is 0 Å². The van der Waals surface area contributed by atoms with E-state index in [9.17, 15) is 29.8 Å². The topological polar surface area (TPSA) is 163 Å². The van der Waals surface area contributed by atoms with Crippen LogP contribution >= 0.6 is 0 Å². The van der Waals surface area contributed by atoms with Crippen molar-refractivity contribution in [2.45, 2.75) is 38.8 Å². The van der Waals surface area contributed by atoms with E-state index in [1.165, 1.54) is 0 Å². The molecule has 2 amide bonds. The average Bonchev–Trinajstić information content (AvgIpc) is 2.72. The summed E-state index contributed by atoms with van der Waals surface area (Å²) >= 11 is 0. The maximum absolute atomic E-state index is 13.0. The van der Waals surface area contributed by atoms with Crippen LogP contribution in [-0.2, 0) is 19.3 Å². The molecule has 30 heavy (non-hydrogen) atoms. The van der Waals surface area contributed by atoms with Crippen molar-refractivity contribution in [2.75, 3.05) is 13.2 Å². The molecule has 0 aromatic rings. The van der Waals surface area contributed by atoms with Gasteiger partial charge in [-0.25, -0.2) is 0 Å². The van der Waals surface area contributed by atoms with Crippen LogP contribution in [0.15, 0.2) is 0 Å². The highest BCUT2D eigenvalue weighted by Crippen LogP contribution is 3.10. The Kier molecular flexibility index (Phi) is 3.83. The molecule has 6 aliphatic carbocycles. The van der Waals surface area contributed by atoms with E-state index in [4.69, 9.17) is 0 Å². The molecular formula is C18H24N4O8. The van der Waals surface area contributed by atoms with Crippen molar-refractivity contribution in [2.24, 2.45) is 46.3 Å². The molecule has 6 aliphatic rings. The first-order valence-electron chi connectivity index (χ1n) is 10.4. The van der Waals surface area contributed by atoms with Crippen LogP contribution < -0.4 is 10.6 Å². The number of hydrogen-bond donors (Lipinski definition) is 2. The molecule has 6 rings (SSSR count). The number of rotatable bonds is 12. The number of carbonyl (C=O) groups excluding carboxylic acids is 2. The van der Waals surface area contributed by atoms with E-state index in [-0.39, 0.29) is 71.4 Å². The highest BCUT2D eigenvalue weighted by molar-refractivity contribution is 6.00. The zero-order valence-electron chi connectivity index (χ0n) is 16.6. The van der Waals surface area contributed by atoms with Gasteiger partial charge in [0.2, 0.25) is 11.8 Å². The smallest absolute Gasteiger partial charge is 0.294 e. The van der Waals surface area contributed by atoms with Crippen molar-refractivity contribution < 1.29 is 29.4 Å². The van der Waals surface area contributed by atoms with Crippen molar-refractivity contribution in [1.82, 2.24) is 10.6 Å². The van der Waals surface area contributed by atoms with Crippen LogP contribution in [0.5, 0.6) is 0 Å². The molecule has 0 aromatic carbocycles. The van der Waals surface area contributed by atoms with Crippen molar-refractivity contribution >= 4 is 11.8 Å². The summed E-state index contributed by atoms with van der Waals surface area (Å²) in [5, 5.41) is 24.9. The van der Waals surface area contributed by atoms with E-state index >= 15 is 0 Å². The van der Waals surface area contributed by atoms with Crippen LogP contribution in [0.3, 0.4) is 0 Å². The van der Waals surface area contributed by atoms with Crippen molar-refractivity contribution in [3.05, 3.63) is 20.2 Å². The molecule has 2 N–H and O–H groups in total. The Bertz CT molecular complexity index is 724. The lowest BCUT2D eigenvalue weighted by Crippen LogP contribution is -3.12. The number of amides is 2. The molecule has 6 fully saturated rings. The van der Waals surface area contributed by atoms with Gasteiger partial charge < -0.3 is 20.3 Å². The fourth-order valence-corrected chi connectivity index (χ4v) is 7.88. The second-order valence-electron chi connectivity index (χ2n) is 9.22. The Morgan fingerprint density at radius 2 is 1.10 bits per heavy atom. The molecule has 2 atom stereocenters. The molecule has 0 aliphatic heterocycles. The fraction of sp³-hybridized carbons (Fsp3) is 0.889. The zero-order chi connectivity index (χ0) is 21.6. The van der Waals surface area contributed by atoms with Gasteiger partial charge in [0.25, 0.3) is 10.2 Å². The van der Waals surface area contributed by atoms with E-state index < -0.39 is 22.3 Å². The van der Waals surface area contributed by atoms with Crippen LogP contribution in [0.2, 0.25) is 0 Å².